The molecule has 0 saturated carbocycles. The fourth-order valence-electron chi connectivity index (χ4n) is 2.19. The van der Waals surface area contributed by atoms with E-state index in [1.165, 1.54) is 12.1 Å². The van der Waals surface area contributed by atoms with Gasteiger partial charge in [-0.25, -0.2) is 0 Å². The van der Waals surface area contributed by atoms with Crippen molar-refractivity contribution < 1.29 is 0 Å². The van der Waals surface area contributed by atoms with E-state index in [-0.39, 0.29) is 0 Å². The normalized spacial score (nSPS) is 22.9. The van der Waals surface area contributed by atoms with Crippen LogP contribution in [0.1, 0.15) is 20.3 Å². The third-order valence-electron chi connectivity index (χ3n) is 2.87. The molecule has 1 heterocycles. The summed E-state index contributed by atoms with van der Waals surface area (Å²) in [5.41, 5.74) is 6.82. The summed E-state index contributed by atoms with van der Waals surface area (Å²) < 4.78 is 0. The molecule has 0 aromatic carbocycles. The summed E-state index contributed by atoms with van der Waals surface area (Å²) in [5, 5.41) is 0. The van der Waals surface area contributed by atoms with Gasteiger partial charge in [0, 0.05) is 18.8 Å². The maximum absolute atomic E-state index is 5.63. The summed E-state index contributed by atoms with van der Waals surface area (Å²) in [6.45, 7) is 11.4. The van der Waals surface area contributed by atoms with Gasteiger partial charge in [-0.3, -0.25) is 4.90 Å². The van der Waals surface area contributed by atoms with E-state index in [4.69, 9.17) is 5.73 Å². The lowest BCUT2D eigenvalue weighted by molar-refractivity contribution is 0.242. The zero-order valence-corrected chi connectivity index (χ0v) is 9.66. The van der Waals surface area contributed by atoms with E-state index in [1.807, 2.05) is 0 Å². The first kappa shape index (κ1) is 11.5. The van der Waals surface area contributed by atoms with E-state index in [2.05, 4.69) is 37.3 Å². The highest BCUT2D eigenvalue weighted by atomic mass is 15.3. The van der Waals surface area contributed by atoms with Gasteiger partial charge in [0.25, 0.3) is 0 Å². The quantitative estimate of drug-likeness (QED) is 0.732. The molecule has 1 rings (SSSR count). The predicted molar refractivity (Wildman–Crippen MR) is 60.8 cm³/mol. The molecule has 0 aromatic rings. The van der Waals surface area contributed by atoms with Crippen LogP contribution in [0.5, 0.6) is 0 Å². The number of nitrogens with two attached hydrogens (primary N) is 1. The van der Waals surface area contributed by atoms with Crippen molar-refractivity contribution in [2.24, 2.45) is 11.7 Å². The Morgan fingerprint density at radius 2 is 2.29 bits per heavy atom. The molecule has 1 unspecified atom stereocenters. The van der Waals surface area contributed by atoms with Crippen LogP contribution in [0.4, 0.5) is 0 Å². The number of hydrogen-bond acceptors (Lipinski definition) is 3. The third kappa shape index (κ3) is 2.49. The molecule has 0 radical (unpaired) electrons. The van der Waals surface area contributed by atoms with E-state index in [1.54, 1.807) is 0 Å². The minimum atomic E-state index is 0.501. The molecular formula is C11H23N3. The standard InChI is InChI=1S/C11H23N3/c1-9(2)7-13(4)11-5-6-14(8-12)10(11)3/h9,11H,3,5-8,12H2,1-2,4H3. The average Bonchev–Trinajstić information content (AvgIpc) is 2.45. The lowest BCUT2D eigenvalue weighted by Crippen LogP contribution is -2.35. The van der Waals surface area contributed by atoms with Crippen molar-refractivity contribution in [2.75, 3.05) is 26.8 Å². The molecule has 1 fully saturated rings. The molecule has 82 valence electrons. The van der Waals surface area contributed by atoms with Crippen LogP contribution in [-0.4, -0.2) is 42.6 Å². The van der Waals surface area contributed by atoms with Gasteiger partial charge >= 0.3 is 0 Å². The fraction of sp³-hybridized carbons (Fsp3) is 0.818. The van der Waals surface area contributed by atoms with Crippen molar-refractivity contribution in [2.45, 2.75) is 26.3 Å². The van der Waals surface area contributed by atoms with Gasteiger partial charge in [0.15, 0.2) is 0 Å². The smallest absolute Gasteiger partial charge is 0.0654 e. The summed E-state index contributed by atoms with van der Waals surface area (Å²) >= 11 is 0. The van der Waals surface area contributed by atoms with Gasteiger partial charge < -0.3 is 10.6 Å². The number of likely N-dealkylation sites (N-methyl/N-ethyl adjacent to an activating group) is 1. The van der Waals surface area contributed by atoms with Crippen molar-refractivity contribution in [3.8, 4) is 0 Å². The maximum Gasteiger partial charge on any atom is 0.0654 e. The predicted octanol–water partition coefficient (Wildman–Crippen LogP) is 1.08. The second-order valence-corrected chi connectivity index (χ2v) is 4.58. The molecule has 3 nitrogen and oxygen atoms in total. The molecule has 0 bridgehead atoms. The molecule has 1 saturated heterocycles. The van der Waals surface area contributed by atoms with Gasteiger partial charge in [0.05, 0.1) is 12.7 Å². The molecule has 3 heteroatoms. The molecule has 1 atom stereocenters. The minimum Gasteiger partial charge on any atom is -0.361 e. The van der Waals surface area contributed by atoms with Gasteiger partial charge in [-0.05, 0) is 19.4 Å². The number of nitrogens with zero attached hydrogens (tertiary/aromatic N) is 2. The van der Waals surface area contributed by atoms with Crippen LogP contribution >= 0.6 is 0 Å². The largest absolute Gasteiger partial charge is 0.361 e. The molecule has 2 N–H and O–H groups in total. The Morgan fingerprint density at radius 1 is 1.64 bits per heavy atom. The Kier molecular flexibility index (Phi) is 3.96. The molecule has 0 spiro atoms. The Morgan fingerprint density at radius 3 is 2.71 bits per heavy atom. The van der Waals surface area contributed by atoms with Crippen molar-refractivity contribution >= 4 is 0 Å². The van der Waals surface area contributed by atoms with Crippen molar-refractivity contribution in [1.29, 1.82) is 0 Å². The molecule has 0 aliphatic carbocycles. The second-order valence-electron chi connectivity index (χ2n) is 4.58. The highest BCUT2D eigenvalue weighted by molar-refractivity contribution is 5.10. The summed E-state index contributed by atoms with van der Waals surface area (Å²) in [6.07, 6.45) is 1.17. The van der Waals surface area contributed by atoms with Crippen LogP contribution in [0.2, 0.25) is 0 Å². The average molecular weight is 197 g/mol. The molecule has 0 aromatic heterocycles. The number of hydrogen-bond donors (Lipinski definition) is 1. The van der Waals surface area contributed by atoms with Gasteiger partial charge in [0.2, 0.25) is 0 Å². The second kappa shape index (κ2) is 4.80. The highest BCUT2D eigenvalue weighted by Gasteiger charge is 2.28. The lowest BCUT2D eigenvalue weighted by Gasteiger charge is -2.28. The number of rotatable bonds is 4. The Labute approximate surface area is 87.6 Å². The summed E-state index contributed by atoms with van der Waals surface area (Å²) in [6, 6.07) is 0.501. The lowest BCUT2D eigenvalue weighted by atomic mass is 10.1. The van der Waals surface area contributed by atoms with Crippen LogP contribution in [0, 0.1) is 5.92 Å². The Balaban J connectivity index is 2.50. The number of likely N-dealkylation sites (tertiary alicyclic amines) is 1. The molecule has 14 heavy (non-hydrogen) atoms. The Bertz CT molecular complexity index is 201. The topological polar surface area (TPSA) is 32.5 Å². The van der Waals surface area contributed by atoms with Crippen LogP contribution in [-0.2, 0) is 0 Å². The van der Waals surface area contributed by atoms with Gasteiger partial charge in [-0.15, -0.1) is 0 Å². The van der Waals surface area contributed by atoms with Crippen LogP contribution in [0.15, 0.2) is 12.3 Å². The van der Waals surface area contributed by atoms with Crippen LogP contribution < -0.4 is 5.73 Å². The van der Waals surface area contributed by atoms with E-state index >= 15 is 0 Å². The molecule has 1 aliphatic rings. The van der Waals surface area contributed by atoms with E-state index in [0.29, 0.717) is 18.6 Å². The zero-order chi connectivity index (χ0) is 10.7. The summed E-state index contributed by atoms with van der Waals surface area (Å²) in [5.74, 6) is 0.708. The monoisotopic (exact) mass is 197 g/mol. The van der Waals surface area contributed by atoms with E-state index in [9.17, 15) is 0 Å². The summed E-state index contributed by atoms with van der Waals surface area (Å²) in [4.78, 5) is 4.56. The summed E-state index contributed by atoms with van der Waals surface area (Å²) in [7, 11) is 2.18. The maximum atomic E-state index is 5.63. The third-order valence-corrected chi connectivity index (χ3v) is 2.87. The van der Waals surface area contributed by atoms with Crippen LogP contribution in [0.25, 0.3) is 0 Å². The zero-order valence-electron chi connectivity index (χ0n) is 9.66. The fourth-order valence-corrected chi connectivity index (χ4v) is 2.19. The first-order valence-electron chi connectivity index (χ1n) is 5.40. The van der Waals surface area contributed by atoms with Gasteiger partial charge in [0.1, 0.15) is 0 Å². The van der Waals surface area contributed by atoms with Crippen molar-refractivity contribution in [1.82, 2.24) is 9.80 Å². The SMILES string of the molecule is C=C1C(N(C)CC(C)C)CCN1CN. The van der Waals surface area contributed by atoms with Crippen molar-refractivity contribution in [3.63, 3.8) is 0 Å². The van der Waals surface area contributed by atoms with E-state index < -0.39 is 0 Å². The minimum absolute atomic E-state index is 0.501. The molecule has 0 amide bonds. The first-order valence-corrected chi connectivity index (χ1v) is 5.40. The molecular weight excluding hydrogens is 174 g/mol. The Hall–Kier alpha value is -0.540. The van der Waals surface area contributed by atoms with Crippen LogP contribution in [0.3, 0.4) is 0 Å². The highest BCUT2D eigenvalue weighted by Crippen LogP contribution is 2.23. The van der Waals surface area contributed by atoms with Gasteiger partial charge in [-0.2, -0.15) is 0 Å². The van der Waals surface area contributed by atoms with Crippen molar-refractivity contribution in [3.05, 3.63) is 12.3 Å². The first-order chi connectivity index (χ1) is 6.56. The van der Waals surface area contributed by atoms with E-state index in [0.717, 1.165) is 13.1 Å². The van der Waals surface area contributed by atoms with Gasteiger partial charge in [-0.1, -0.05) is 20.4 Å². The molecule has 1 aliphatic heterocycles.